The number of rotatable bonds is 20. The van der Waals surface area contributed by atoms with Crippen molar-refractivity contribution in [3.8, 4) is 28.7 Å². The molecule has 0 radical (unpaired) electrons. The second-order valence-electron chi connectivity index (χ2n) is 18.9. The lowest BCUT2D eigenvalue weighted by Crippen LogP contribution is -2.66. The molecule has 64 heavy (non-hydrogen) atoms. The minimum absolute atomic E-state index is 0.0250. The molecule has 6 rings (SSSR count). The molecule has 13 heteroatoms. The van der Waals surface area contributed by atoms with Crippen LogP contribution in [0.5, 0.6) is 17.2 Å². The maximum atomic E-state index is 7.52. The SMILES string of the molecule is COCO[C@H](CCO[Si](c1ccccc1)(c1ccccc1)C(C)(C)C)c1ccc(OC)c(O[C@H](C#C[Si](C)(C)C)[C@@]23OC(C)(C)O[C@@H]2CC[C@@H]3OCOCc2ccc(OC)cc2)c1Cl. The lowest BCUT2D eigenvalue weighted by atomic mass is 9.90. The van der Waals surface area contributed by atoms with Gasteiger partial charge in [0, 0.05) is 25.7 Å². The van der Waals surface area contributed by atoms with Crippen LogP contribution in [-0.4, -0.2) is 87.6 Å². The van der Waals surface area contributed by atoms with E-state index in [1.165, 1.54) is 10.4 Å². The van der Waals surface area contributed by atoms with Gasteiger partial charge in [-0.2, -0.15) is 0 Å². The predicted octanol–water partition coefficient (Wildman–Crippen LogP) is 9.86. The average Bonchev–Trinajstić information content (AvgIpc) is 3.74. The molecule has 1 saturated heterocycles. The number of hydrogen-bond donors (Lipinski definition) is 0. The van der Waals surface area contributed by atoms with Crippen LogP contribution in [0.3, 0.4) is 0 Å². The molecule has 2 aliphatic rings. The van der Waals surface area contributed by atoms with E-state index in [1.54, 1.807) is 21.3 Å². The lowest BCUT2D eigenvalue weighted by Gasteiger charge is -2.43. The normalized spacial score (nSPS) is 20.5. The molecule has 0 unspecified atom stereocenters. The molecular formula is C51H67ClO10Si2. The first-order valence-electron chi connectivity index (χ1n) is 22.1. The van der Waals surface area contributed by atoms with Crippen molar-refractivity contribution >= 4 is 38.4 Å². The molecular weight excluding hydrogens is 864 g/mol. The first-order chi connectivity index (χ1) is 30.5. The largest absolute Gasteiger partial charge is 0.497 e. The Labute approximate surface area is 388 Å². The van der Waals surface area contributed by atoms with Crippen molar-refractivity contribution in [3.63, 3.8) is 0 Å². The topological polar surface area (TPSA) is 92.3 Å². The van der Waals surface area contributed by atoms with Gasteiger partial charge in [0.15, 0.2) is 29.0 Å². The zero-order valence-corrected chi connectivity index (χ0v) is 42.2. The molecule has 2 fully saturated rings. The van der Waals surface area contributed by atoms with Crippen LogP contribution in [0.15, 0.2) is 97.1 Å². The van der Waals surface area contributed by atoms with Gasteiger partial charge in [-0.05, 0) is 65.9 Å². The van der Waals surface area contributed by atoms with Crippen molar-refractivity contribution in [1.29, 1.82) is 0 Å². The summed E-state index contributed by atoms with van der Waals surface area (Å²) < 4.78 is 63.8. The van der Waals surface area contributed by atoms with E-state index in [2.05, 4.69) is 100 Å². The third-order valence-electron chi connectivity index (χ3n) is 11.7. The van der Waals surface area contributed by atoms with Crippen molar-refractivity contribution in [2.45, 2.75) is 121 Å². The van der Waals surface area contributed by atoms with E-state index in [4.69, 9.17) is 58.7 Å². The first-order valence-corrected chi connectivity index (χ1v) is 27.9. The lowest BCUT2D eigenvalue weighted by molar-refractivity contribution is -0.224. The smallest absolute Gasteiger partial charge is 0.261 e. The van der Waals surface area contributed by atoms with Crippen molar-refractivity contribution in [1.82, 2.24) is 0 Å². The maximum Gasteiger partial charge on any atom is 0.261 e. The number of methoxy groups -OCH3 is 3. The highest BCUT2D eigenvalue weighted by Crippen LogP contribution is 2.52. The number of benzene rings is 4. The summed E-state index contributed by atoms with van der Waals surface area (Å²) in [5.41, 5.74) is 4.12. The minimum atomic E-state index is -2.84. The van der Waals surface area contributed by atoms with Gasteiger partial charge in [-0.25, -0.2) is 0 Å². The number of halogens is 1. The molecule has 10 nitrogen and oxygen atoms in total. The molecule has 0 amide bonds. The molecule has 0 bridgehead atoms. The summed E-state index contributed by atoms with van der Waals surface area (Å²) in [7, 11) is 0.0434. The summed E-state index contributed by atoms with van der Waals surface area (Å²) in [5, 5.41) is 2.52. The van der Waals surface area contributed by atoms with Crippen LogP contribution in [0.25, 0.3) is 0 Å². The van der Waals surface area contributed by atoms with E-state index >= 15 is 0 Å². The van der Waals surface area contributed by atoms with E-state index in [-0.39, 0.29) is 24.7 Å². The third-order valence-corrected chi connectivity index (χ3v) is 18.0. The van der Waals surface area contributed by atoms with Crippen LogP contribution in [0, 0.1) is 11.5 Å². The van der Waals surface area contributed by atoms with E-state index < -0.39 is 46.1 Å². The predicted molar refractivity (Wildman–Crippen MR) is 257 cm³/mol. The Morgan fingerprint density at radius 3 is 2.06 bits per heavy atom. The zero-order chi connectivity index (χ0) is 46.2. The van der Waals surface area contributed by atoms with Crippen LogP contribution in [0.4, 0.5) is 0 Å². The van der Waals surface area contributed by atoms with Gasteiger partial charge in [-0.1, -0.05) is 137 Å². The Morgan fingerprint density at radius 2 is 1.48 bits per heavy atom. The maximum absolute atomic E-state index is 7.52. The Balaban J connectivity index is 1.33. The highest BCUT2D eigenvalue weighted by molar-refractivity contribution is 6.99. The molecule has 5 atom stereocenters. The van der Waals surface area contributed by atoms with E-state index in [0.29, 0.717) is 54.6 Å². The van der Waals surface area contributed by atoms with Gasteiger partial charge >= 0.3 is 0 Å². The van der Waals surface area contributed by atoms with Gasteiger partial charge in [0.25, 0.3) is 8.32 Å². The van der Waals surface area contributed by atoms with Gasteiger partial charge < -0.3 is 47.1 Å². The summed E-state index contributed by atoms with van der Waals surface area (Å²) in [6.45, 7) is 18.0. The summed E-state index contributed by atoms with van der Waals surface area (Å²) >= 11 is 7.52. The summed E-state index contributed by atoms with van der Waals surface area (Å²) in [6.07, 6.45) is -0.499. The molecule has 0 spiro atoms. The molecule has 4 aromatic rings. The van der Waals surface area contributed by atoms with Crippen molar-refractivity contribution in [3.05, 3.63) is 113 Å². The van der Waals surface area contributed by atoms with Crippen LogP contribution < -0.4 is 24.6 Å². The summed E-state index contributed by atoms with van der Waals surface area (Å²) in [4.78, 5) is 0. The van der Waals surface area contributed by atoms with Crippen LogP contribution in [-0.2, 0) is 39.5 Å². The fraction of sp³-hybridized carbons (Fsp3) is 0.490. The van der Waals surface area contributed by atoms with Crippen molar-refractivity contribution in [2.24, 2.45) is 0 Å². The van der Waals surface area contributed by atoms with Crippen LogP contribution in [0.1, 0.15) is 71.1 Å². The zero-order valence-electron chi connectivity index (χ0n) is 39.5. The van der Waals surface area contributed by atoms with Gasteiger partial charge in [0.2, 0.25) is 0 Å². The number of ether oxygens (including phenoxy) is 9. The molecule has 1 heterocycles. The summed E-state index contributed by atoms with van der Waals surface area (Å²) in [5.74, 6) is 4.13. The minimum Gasteiger partial charge on any atom is -0.497 e. The molecule has 1 saturated carbocycles. The molecule has 0 N–H and O–H groups in total. The standard InChI is InChI=1S/C51H67ClO10Si2/c1-49(2,3)64(39-18-14-12-15-19-39,40-20-16-13-17-21-40)59-32-30-42(57-35-53-6)41-26-27-43(55-8)48(47(41)52)60-45(31-33-63(9,10)11)51-44(28-29-46(51)61-50(4,5)62-51)58-36-56-34-37-22-24-38(54-7)25-23-37/h12-27,42,44-46H,28-30,32,34-36H2,1-11H3/t42-,44+,45-,46-,51-/m1/s1. The van der Waals surface area contributed by atoms with E-state index in [9.17, 15) is 0 Å². The Hall–Kier alpha value is -3.72. The average molecular weight is 932 g/mol. The quantitative estimate of drug-likeness (QED) is 0.0369. The Kier molecular flexibility index (Phi) is 16.5. The van der Waals surface area contributed by atoms with Gasteiger partial charge in [-0.3, -0.25) is 0 Å². The van der Waals surface area contributed by atoms with E-state index in [0.717, 1.165) is 11.3 Å². The second kappa shape index (κ2) is 21.3. The summed E-state index contributed by atoms with van der Waals surface area (Å²) in [6, 6.07) is 32.7. The first kappa shape index (κ1) is 49.7. The van der Waals surface area contributed by atoms with Crippen LogP contribution in [0.2, 0.25) is 29.7 Å². The highest BCUT2D eigenvalue weighted by Gasteiger charge is 2.66. The van der Waals surface area contributed by atoms with Gasteiger partial charge in [0.05, 0.1) is 44.2 Å². The van der Waals surface area contributed by atoms with Gasteiger partial charge in [0.1, 0.15) is 27.4 Å². The molecule has 346 valence electrons. The van der Waals surface area contributed by atoms with Crippen LogP contribution >= 0.6 is 11.6 Å². The molecule has 1 aliphatic carbocycles. The Morgan fingerprint density at radius 1 is 0.828 bits per heavy atom. The Bertz CT molecular complexity index is 2130. The molecule has 1 aliphatic heterocycles. The fourth-order valence-corrected chi connectivity index (χ4v) is 14.4. The number of fused-ring (bicyclic) bond motifs is 1. The monoisotopic (exact) mass is 930 g/mol. The van der Waals surface area contributed by atoms with Gasteiger partial charge in [-0.15, -0.1) is 5.54 Å². The van der Waals surface area contributed by atoms with Crippen molar-refractivity contribution in [2.75, 3.05) is 41.5 Å². The fourth-order valence-electron chi connectivity index (χ4n) is 8.92. The third kappa shape index (κ3) is 11.3. The van der Waals surface area contributed by atoms with E-state index in [1.807, 2.05) is 62.4 Å². The molecule has 4 aromatic carbocycles. The second-order valence-corrected chi connectivity index (χ2v) is 28.3. The number of hydrogen-bond acceptors (Lipinski definition) is 10. The van der Waals surface area contributed by atoms with Crippen molar-refractivity contribution < 1.29 is 47.1 Å². The molecule has 0 aromatic heterocycles. The highest BCUT2D eigenvalue weighted by atomic mass is 35.5.